The van der Waals surface area contributed by atoms with Gasteiger partial charge in [0.2, 0.25) is 5.91 Å². The maximum Gasteiger partial charge on any atom is 0.230 e. The lowest BCUT2D eigenvalue weighted by Crippen LogP contribution is -2.28. The number of hydrogen-bond donors (Lipinski definition) is 1. The molecule has 3 aromatic heterocycles. The third-order valence-corrected chi connectivity index (χ3v) is 6.48. The molecule has 5 rings (SSSR count). The summed E-state index contributed by atoms with van der Waals surface area (Å²) in [7, 11) is 0. The fraction of sp³-hybridized carbons (Fsp3) is 0.154. The molecule has 8 heteroatoms. The predicted octanol–water partition coefficient (Wildman–Crippen LogP) is 5.10. The van der Waals surface area contributed by atoms with Crippen molar-refractivity contribution in [2.24, 2.45) is 0 Å². The molecule has 1 N–H and O–H groups in total. The zero-order valence-corrected chi connectivity index (χ0v) is 19.4. The Morgan fingerprint density at radius 2 is 1.94 bits per heavy atom. The zero-order valence-electron chi connectivity index (χ0n) is 18.6. The van der Waals surface area contributed by atoms with Crippen LogP contribution in [0.2, 0.25) is 0 Å². The van der Waals surface area contributed by atoms with Crippen LogP contribution >= 0.6 is 11.8 Å². The SMILES string of the molecule is CC(NC(=O)CSc1nnc(-c2cccnc2)n1Cc1ccco1)c1ccc2ccccc2c1. The molecule has 0 aliphatic heterocycles. The summed E-state index contributed by atoms with van der Waals surface area (Å²) in [4.78, 5) is 16.9. The molecule has 0 saturated carbocycles. The number of fused-ring (bicyclic) bond motifs is 1. The number of carbonyl (C=O) groups excluding carboxylic acids is 1. The summed E-state index contributed by atoms with van der Waals surface area (Å²) < 4.78 is 7.47. The maximum atomic E-state index is 12.8. The van der Waals surface area contributed by atoms with E-state index in [0.29, 0.717) is 17.5 Å². The first kappa shape index (κ1) is 21.9. The monoisotopic (exact) mass is 469 g/mol. The van der Waals surface area contributed by atoms with E-state index in [1.807, 2.05) is 47.9 Å². The summed E-state index contributed by atoms with van der Waals surface area (Å²) in [5.74, 6) is 1.61. The van der Waals surface area contributed by atoms with Crippen LogP contribution in [0.1, 0.15) is 24.3 Å². The van der Waals surface area contributed by atoms with Crippen LogP contribution in [-0.2, 0) is 11.3 Å². The summed E-state index contributed by atoms with van der Waals surface area (Å²) in [6.07, 6.45) is 5.10. The quantitative estimate of drug-likeness (QED) is 0.318. The van der Waals surface area contributed by atoms with Gasteiger partial charge in [-0.05, 0) is 53.6 Å². The first-order valence-electron chi connectivity index (χ1n) is 10.9. The number of nitrogens with zero attached hydrogens (tertiary/aromatic N) is 4. The minimum absolute atomic E-state index is 0.0684. The molecule has 1 amide bonds. The molecule has 0 aliphatic carbocycles. The van der Waals surface area contributed by atoms with Gasteiger partial charge in [-0.2, -0.15) is 0 Å². The molecular weight excluding hydrogens is 446 g/mol. The van der Waals surface area contributed by atoms with E-state index in [0.717, 1.165) is 22.3 Å². The molecule has 0 aliphatic rings. The van der Waals surface area contributed by atoms with Crippen molar-refractivity contribution in [3.63, 3.8) is 0 Å². The van der Waals surface area contributed by atoms with E-state index in [2.05, 4.69) is 50.8 Å². The highest BCUT2D eigenvalue weighted by atomic mass is 32.2. The summed E-state index contributed by atoms with van der Waals surface area (Å²) in [5, 5.41) is 14.8. The van der Waals surface area contributed by atoms with Gasteiger partial charge in [0.1, 0.15) is 5.76 Å². The van der Waals surface area contributed by atoms with Gasteiger partial charge in [0.15, 0.2) is 11.0 Å². The van der Waals surface area contributed by atoms with Crippen molar-refractivity contribution in [2.45, 2.75) is 24.7 Å². The number of aromatic nitrogens is 4. The van der Waals surface area contributed by atoms with E-state index in [4.69, 9.17) is 4.42 Å². The number of amides is 1. The van der Waals surface area contributed by atoms with E-state index in [9.17, 15) is 4.79 Å². The summed E-state index contributed by atoms with van der Waals surface area (Å²) in [6, 6.07) is 21.9. The van der Waals surface area contributed by atoms with E-state index in [1.165, 1.54) is 17.1 Å². The highest BCUT2D eigenvalue weighted by Crippen LogP contribution is 2.25. The summed E-state index contributed by atoms with van der Waals surface area (Å²) in [5.41, 5.74) is 1.92. The molecule has 0 fully saturated rings. The van der Waals surface area contributed by atoms with Gasteiger partial charge in [-0.15, -0.1) is 10.2 Å². The average molecular weight is 470 g/mol. The van der Waals surface area contributed by atoms with Crippen LogP contribution in [0.25, 0.3) is 22.2 Å². The predicted molar refractivity (Wildman–Crippen MR) is 132 cm³/mol. The van der Waals surface area contributed by atoms with Gasteiger partial charge in [-0.1, -0.05) is 48.2 Å². The summed E-state index contributed by atoms with van der Waals surface area (Å²) in [6.45, 7) is 2.45. The Morgan fingerprint density at radius 1 is 1.06 bits per heavy atom. The molecule has 0 saturated heterocycles. The van der Waals surface area contributed by atoms with E-state index in [1.54, 1.807) is 18.7 Å². The van der Waals surface area contributed by atoms with Crippen molar-refractivity contribution in [1.29, 1.82) is 0 Å². The Kier molecular flexibility index (Phi) is 6.40. The van der Waals surface area contributed by atoms with Gasteiger partial charge in [-0.3, -0.25) is 14.3 Å². The van der Waals surface area contributed by atoms with Gasteiger partial charge in [0, 0.05) is 18.0 Å². The second-order valence-corrected chi connectivity index (χ2v) is 8.84. The fourth-order valence-corrected chi connectivity index (χ4v) is 4.53. The number of rotatable bonds is 8. The minimum Gasteiger partial charge on any atom is -0.467 e. The molecule has 0 spiro atoms. The number of nitrogens with one attached hydrogen (secondary N) is 1. The van der Waals surface area contributed by atoms with Crippen molar-refractivity contribution < 1.29 is 9.21 Å². The number of carbonyl (C=O) groups is 1. The molecule has 170 valence electrons. The smallest absolute Gasteiger partial charge is 0.230 e. The molecule has 5 aromatic rings. The maximum absolute atomic E-state index is 12.8. The minimum atomic E-state index is -0.107. The van der Waals surface area contributed by atoms with E-state index in [-0.39, 0.29) is 17.7 Å². The Balaban J connectivity index is 1.29. The molecule has 1 unspecified atom stereocenters. The van der Waals surface area contributed by atoms with Crippen LogP contribution in [0.15, 0.2) is 95.0 Å². The van der Waals surface area contributed by atoms with Gasteiger partial charge in [0.05, 0.1) is 24.6 Å². The van der Waals surface area contributed by atoms with Crippen LogP contribution in [0.5, 0.6) is 0 Å². The molecule has 1 atom stereocenters. The fourth-order valence-electron chi connectivity index (χ4n) is 3.78. The summed E-state index contributed by atoms with van der Waals surface area (Å²) >= 11 is 1.35. The molecule has 7 nitrogen and oxygen atoms in total. The number of thioether (sulfide) groups is 1. The van der Waals surface area contributed by atoms with Crippen LogP contribution in [0.4, 0.5) is 0 Å². The van der Waals surface area contributed by atoms with Crippen LogP contribution < -0.4 is 5.32 Å². The topological polar surface area (TPSA) is 85.8 Å². The van der Waals surface area contributed by atoms with Crippen molar-refractivity contribution in [1.82, 2.24) is 25.1 Å². The number of furan rings is 1. The lowest BCUT2D eigenvalue weighted by Gasteiger charge is -2.15. The Labute approximate surface area is 201 Å². The van der Waals surface area contributed by atoms with Gasteiger partial charge in [-0.25, -0.2) is 0 Å². The second kappa shape index (κ2) is 9.93. The number of pyridine rings is 1. The zero-order chi connectivity index (χ0) is 23.3. The first-order chi connectivity index (χ1) is 16.7. The first-order valence-corrected chi connectivity index (χ1v) is 11.9. The number of benzene rings is 2. The van der Waals surface area contributed by atoms with Gasteiger partial charge in [0.25, 0.3) is 0 Å². The van der Waals surface area contributed by atoms with Crippen molar-refractivity contribution in [3.05, 3.63) is 96.7 Å². The van der Waals surface area contributed by atoms with E-state index < -0.39 is 0 Å². The third kappa shape index (κ3) is 4.87. The molecular formula is C26H23N5O2S. The standard InChI is InChI=1S/C26H23N5O2S/c1-18(20-11-10-19-6-2-3-7-21(19)14-20)28-24(32)17-34-26-30-29-25(22-8-4-12-27-15-22)31(26)16-23-9-5-13-33-23/h2-15,18H,16-17H2,1H3,(H,28,32). The normalized spacial score (nSPS) is 12.0. The largest absolute Gasteiger partial charge is 0.467 e. The Bertz CT molecular complexity index is 1400. The third-order valence-electron chi connectivity index (χ3n) is 5.51. The molecule has 0 bridgehead atoms. The highest BCUT2D eigenvalue weighted by molar-refractivity contribution is 7.99. The highest BCUT2D eigenvalue weighted by Gasteiger charge is 2.18. The Hall–Kier alpha value is -3.91. The number of hydrogen-bond acceptors (Lipinski definition) is 6. The lowest BCUT2D eigenvalue weighted by atomic mass is 10.0. The van der Waals surface area contributed by atoms with E-state index >= 15 is 0 Å². The lowest BCUT2D eigenvalue weighted by molar-refractivity contribution is -0.119. The van der Waals surface area contributed by atoms with Crippen molar-refractivity contribution in [2.75, 3.05) is 5.75 Å². The van der Waals surface area contributed by atoms with Crippen molar-refractivity contribution in [3.8, 4) is 11.4 Å². The second-order valence-electron chi connectivity index (χ2n) is 7.90. The van der Waals surface area contributed by atoms with Crippen LogP contribution in [0.3, 0.4) is 0 Å². The van der Waals surface area contributed by atoms with Crippen LogP contribution in [0, 0.1) is 0 Å². The molecule has 34 heavy (non-hydrogen) atoms. The molecule has 3 heterocycles. The molecule has 2 aromatic carbocycles. The van der Waals surface area contributed by atoms with Gasteiger partial charge < -0.3 is 9.73 Å². The molecule has 0 radical (unpaired) electrons. The average Bonchev–Trinajstić information content (AvgIpc) is 3.53. The van der Waals surface area contributed by atoms with Gasteiger partial charge >= 0.3 is 0 Å². The van der Waals surface area contributed by atoms with Crippen molar-refractivity contribution >= 4 is 28.4 Å². The van der Waals surface area contributed by atoms with Crippen LogP contribution in [-0.4, -0.2) is 31.4 Å². The Morgan fingerprint density at radius 3 is 2.74 bits per heavy atom.